The van der Waals surface area contributed by atoms with Gasteiger partial charge in [0.05, 0.1) is 18.3 Å². The van der Waals surface area contributed by atoms with Gasteiger partial charge in [-0.3, -0.25) is 9.69 Å². The van der Waals surface area contributed by atoms with Crippen LogP contribution in [0.15, 0.2) is 22.8 Å². The number of furan rings is 1. The van der Waals surface area contributed by atoms with E-state index >= 15 is 0 Å². The second-order valence-corrected chi connectivity index (χ2v) is 5.82. The maximum atomic E-state index is 11.9. The molecule has 8 heteroatoms. The number of esters is 2. The molecular formula is C16H21N3O5. The summed E-state index contributed by atoms with van der Waals surface area (Å²) in [6.07, 6.45) is 1.54. The summed E-state index contributed by atoms with van der Waals surface area (Å²) in [5.74, 6) is -0.801. The van der Waals surface area contributed by atoms with E-state index < -0.39 is 5.97 Å². The third kappa shape index (κ3) is 4.15. The molecule has 0 aromatic carbocycles. The van der Waals surface area contributed by atoms with Crippen LogP contribution >= 0.6 is 0 Å². The average molecular weight is 335 g/mol. The van der Waals surface area contributed by atoms with E-state index in [0.29, 0.717) is 11.3 Å². The molecule has 0 amide bonds. The Morgan fingerprint density at radius 2 is 1.96 bits per heavy atom. The van der Waals surface area contributed by atoms with E-state index in [1.807, 2.05) is 0 Å². The molecule has 0 radical (unpaired) electrons. The monoisotopic (exact) mass is 335 g/mol. The first-order chi connectivity index (χ1) is 11.6. The SMILES string of the molecule is CN1CCN(CC(=O)OCCOC(=O)c2cc3occc3[nH]2)CC1. The Balaban J connectivity index is 1.33. The van der Waals surface area contributed by atoms with Crippen molar-refractivity contribution in [2.24, 2.45) is 0 Å². The van der Waals surface area contributed by atoms with Crippen LogP contribution in [-0.2, 0) is 14.3 Å². The minimum Gasteiger partial charge on any atom is -0.463 e. The predicted octanol–water partition coefficient (Wildman–Crippen LogP) is 0.708. The summed E-state index contributed by atoms with van der Waals surface area (Å²) in [5.41, 5.74) is 1.65. The minimum absolute atomic E-state index is 0.0215. The molecule has 2 aromatic rings. The van der Waals surface area contributed by atoms with Crippen LogP contribution in [0.4, 0.5) is 0 Å². The molecule has 3 heterocycles. The number of rotatable bonds is 6. The fourth-order valence-corrected chi connectivity index (χ4v) is 2.56. The summed E-state index contributed by atoms with van der Waals surface area (Å²) >= 11 is 0. The van der Waals surface area contributed by atoms with E-state index in [-0.39, 0.29) is 25.7 Å². The van der Waals surface area contributed by atoms with E-state index in [9.17, 15) is 9.59 Å². The first-order valence-corrected chi connectivity index (χ1v) is 7.91. The highest BCUT2D eigenvalue weighted by atomic mass is 16.6. The summed E-state index contributed by atoms with van der Waals surface area (Å²) < 4.78 is 15.3. The van der Waals surface area contributed by atoms with Gasteiger partial charge in [0.2, 0.25) is 0 Å². The smallest absolute Gasteiger partial charge is 0.355 e. The summed E-state index contributed by atoms with van der Waals surface area (Å²) in [7, 11) is 2.06. The number of aromatic nitrogens is 1. The van der Waals surface area contributed by atoms with Crippen molar-refractivity contribution < 1.29 is 23.5 Å². The molecule has 24 heavy (non-hydrogen) atoms. The van der Waals surface area contributed by atoms with Gasteiger partial charge in [-0.2, -0.15) is 0 Å². The van der Waals surface area contributed by atoms with Crippen molar-refractivity contribution >= 4 is 23.0 Å². The largest absolute Gasteiger partial charge is 0.463 e. The van der Waals surface area contributed by atoms with E-state index in [0.717, 1.165) is 31.7 Å². The Morgan fingerprint density at radius 1 is 1.21 bits per heavy atom. The molecule has 0 bridgehead atoms. The topological polar surface area (TPSA) is 88.0 Å². The first-order valence-electron chi connectivity index (χ1n) is 7.91. The number of nitrogens with one attached hydrogen (secondary N) is 1. The summed E-state index contributed by atoms with van der Waals surface area (Å²) in [6.45, 7) is 3.95. The lowest BCUT2D eigenvalue weighted by molar-refractivity contribution is -0.146. The second-order valence-electron chi connectivity index (χ2n) is 5.82. The fraction of sp³-hybridized carbons (Fsp3) is 0.500. The van der Waals surface area contributed by atoms with E-state index in [2.05, 4.69) is 21.8 Å². The van der Waals surface area contributed by atoms with Crippen LogP contribution in [-0.4, -0.2) is 79.7 Å². The number of nitrogens with zero attached hydrogens (tertiary/aromatic N) is 2. The zero-order chi connectivity index (χ0) is 16.9. The number of hydrogen-bond acceptors (Lipinski definition) is 7. The lowest BCUT2D eigenvalue weighted by Gasteiger charge is -2.31. The molecule has 1 fully saturated rings. The Kier molecular flexibility index (Phi) is 5.17. The van der Waals surface area contributed by atoms with E-state index in [1.165, 1.54) is 6.26 Å². The normalized spacial score (nSPS) is 16.4. The van der Waals surface area contributed by atoms with Crippen LogP contribution in [0.5, 0.6) is 0 Å². The fourth-order valence-electron chi connectivity index (χ4n) is 2.56. The van der Waals surface area contributed by atoms with E-state index in [4.69, 9.17) is 13.9 Å². The number of carbonyl (C=O) groups excluding carboxylic acids is 2. The van der Waals surface area contributed by atoms with Gasteiger partial charge in [-0.15, -0.1) is 0 Å². The number of hydrogen-bond donors (Lipinski definition) is 1. The maximum Gasteiger partial charge on any atom is 0.355 e. The standard InChI is InChI=1S/C16H21N3O5/c1-18-3-5-19(6-4-18)11-15(20)23-8-9-24-16(21)13-10-14-12(17-13)2-7-22-14/h2,7,10,17H,3-6,8-9,11H2,1H3. The Morgan fingerprint density at radius 3 is 2.71 bits per heavy atom. The summed E-state index contributed by atoms with van der Waals surface area (Å²) in [4.78, 5) is 30.8. The second kappa shape index (κ2) is 7.50. The number of H-pyrrole nitrogens is 1. The number of piperazine rings is 1. The van der Waals surface area contributed by atoms with Crippen molar-refractivity contribution in [3.8, 4) is 0 Å². The van der Waals surface area contributed by atoms with Crippen LogP contribution in [0.2, 0.25) is 0 Å². The van der Waals surface area contributed by atoms with E-state index in [1.54, 1.807) is 12.1 Å². The number of fused-ring (bicyclic) bond motifs is 1. The van der Waals surface area contributed by atoms with Gasteiger partial charge in [0.15, 0.2) is 5.58 Å². The highest BCUT2D eigenvalue weighted by Crippen LogP contribution is 2.16. The van der Waals surface area contributed by atoms with Crippen molar-refractivity contribution in [1.82, 2.24) is 14.8 Å². The highest BCUT2D eigenvalue weighted by Gasteiger charge is 2.17. The Labute approximate surface area is 139 Å². The maximum absolute atomic E-state index is 11.9. The first kappa shape index (κ1) is 16.5. The molecule has 0 aliphatic carbocycles. The van der Waals surface area contributed by atoms with Crippen molar-refractivity contribution in [1.29, 1.82) is 0 Å². The van der Waals surface area contributed by atoms with Gasteiger partial charge in [-0.25, -0.2) is 4.79 Å². The molecule has 1 aliphatic rings. The summed E-state index contributed by atoms with van der Waals surface area (Å²) in [6, 6.07) is 3.31. The predicted molar refractivity (Wildman–Crippen MR) is 85.7 cm³/mol. The molecule has 1 aliphatic heterocycles. The van der Waals surface area contributed by atoms with Crippen molar-refractivity contribution in [3.05, 3.63) is 24.1 Å². The number of likely N-dealkylation sites (N-methyl/N-ethyl adjacent to an activating group) is 1. The van der Waals surface area contributed by atoms with Crippen LogP contribution in [0, 0.1) is 0 Å². The molecule has 2 aromatic heterocycles. The summed E-state index contributed by atoms with van der Waals surface area (Å²) in [5, 5.41) is 0. The van der Waals surface area contributed by atoms with Gasteiger partial charge in [0, 0.05) is 38.3 Å². The van der Waals surface area contributed by atoms with Gasteiger partial charge in [0.1, 0.15) is 18.9 Å². The number of aromatic amines is 1. The molecule has 1 saturated heterocycles. The van der Waals surface area contributed by atoms with Gasteiger partial charge >= 0.3 is 11.9 Å². The molecular weight excluding hydrogens is 314 g/mol. The van der Waals surface area contributed by atoms with Crippen LogP contribution in [0.25, 0.3) is 11.1 Å². The molecule has 0 atom stereocenters. The zero-order valence-electron chi connectivity index (χ0n) is 13.6. The molecule has 0 unspecified atom stereocenters. The highest BCUT2D eigenvalue weighted by molar-refractivity contribution is 5.93. The van der Waals surface area contributed by atoms with Gasteiger partial charge < -0.3 is 23.8 Å². The molecule has 130 valence electrons. The Hall–Kier alpha value is -2.32. The van der Waals surface area contributed by atoms with Crippen molar-refractivity contribution in [2.75, 3.05) is 53.0 Å². The Bertz CT molecular complexity index is 671. The van der Waals surface area contributed by atoms with Gasteiger partial charge in [-0.05, 0) is 7.05 Å². The number of carbonyl (C=O) groups is 2. The third-order valence-corrected chi connectivity index (χ3v) is 3.99. The van der Waals surface area contributed by atoms with Crippen molar-refractivity contribution in [3.63, 3.8) is 0 Å². The lowest BCUT2D eigenvalue weighted by Crippen LogP contribution is -2.46. The number of ether oxygens (including phenoxy) is 2. The molecule has 3 rings (SSSR count). The third-order valence-electron chi connectivity index (χ3n) is 3.99. The molecule has 0 saturated carbocycles. The zero-order valence-corrected chi connectivity index (χ0v) is 13.6. The van der Waals surface area contributed by atoms with Crippen molar-refractivity contribution in [2.45, 2.75) is 0 Å². The lowest BCUT2D eigenvalue weighted by atomic mass is 10.3. The molecule has 8 nitrogen and oxygen atoms in total. The average Bonchev–Trinajstić information content (AvgIpc) is 3.15. The molecule has 1 N–H and O–H groups in total. The quantitative estimate of drug-likeness (QED) is 0.614. The van der Waals surface area contributed by atoms with Crippen LogP contribution < -0.4 is 0 Å². The van der Waals surface area contributed by atoms with Gasteiger partial charge in [-0.1, -0.05) is 0 Å². The van der Waals surface area contributed by atoms with Crippen LogP contribution in [0.3, 0.4) is 0 Å². The minimum atomic E-state index is -0.503. The van der Waals surface area contributed by atoms with Crippen LogP contribution in [0.1, 0.15) is 10.5 Å². The molecule has 0 spiro atoms. The van der Waals surface area contributed by atoms with Gasteiger partial charge in [0.25, 0.3) is 0 Å².